The third-order valence-corrected chi connectivity index (χ3v) is 5.69. The Bertz CT molecular complexity index is 1320. The number of carbonyl (C=O) groups is 2. The zero-order valence-corrected chi connectivity index (χ0v) is 19.9. The highest BCUT2D eigenvalue weighted by atomic mass is 16.5. The van der Waals surface area contributed by atoms with Gasteiger partial charge in [0.1, 0.15) is 11.5 Å². The van der Waals surface area contributed by atoms with E-state index in [4.69, 9.17) is 14.3 Å². The molecule has 0 spiro atoms. The lowest BCUT2D eigenvalue weighted by molar-refractivity contribution is -0.136. The minimum atomic E-state index is -0.875. The van der Waals surface area contributed by atoms with Crippen molar-refractivity contribution in [3.63, 3.8) is 0 Å². The van der Waals surface area contributed by atoms with E-state index in [1.54, 1.807) is 24.5 Å². The SMILES string of the molecule is Cc1oc(-c2ccccc2)nc1CCOc1ccc(CCC(=O)O)c(CNC(=O)c2ccncc2)c1. The Kier molecular flexibility index (Phi) is 8.08. The van der Waals surface area contributed by atoms with Crippen LogP contribution in [0.5, 0.6) is 5.75 Å². The number of carboxylic acids is 1. The molecule has 36 heavy (non-hydrogen) atoms. The summed E-state index contributed by atoms with van der Waals surface area (Å²) in [6.45, 7) is 2.52. The second kappa shape index (κ2) is 11.8. The van der Waals surface area contributed by atoms with E-state index in [0.717, 1.165) is 28.1 Å². The average Bonchev–Trinajstić information content (AvgIpc) is 3.27. The number of rotatable bonds is 11. The van der Waals surface area contributed by atoms with Crippen molar-refractivity contribution in [2.45, 2.75) is 32.7 Å². The molecule has 4 rings (SSSR count). The summed E-state index contributed by atoms with van der Waals surface area (Å²) < 4.78 is 11.8. The summed E-state index contributed by atoms with van der Waals surface area (Å²) in [6.07, 6.45) is 4.04. The zero-order valence-electron chi connectivity index (χ0n) is 19.9. The van der Waals surface area contributed by atoms with Gasteiger partial charge in [-0.3, -0.25) is 14.6 Å². The molecule has 0 aliphatic carbocycles. The Hall–Kier alpha value is -4.46. The number of carbonyl (C=O) groups excluding carboxylic acids is 1. The van der Waals surface area contributed by atoms with Crippen LogP contribution in [0.4, 0.5) is 0 Å². The summed E-state index contributed by atoms with van der Waals surface area (Å²) in [5, 5.41) is 12.0. The van der Waals surface area contributed by atoms with Crippen LogP contribution in [0.2, 0.25) is 0 Å². The van der Waals surface area contributed by atoms with Crippen LogP contribution in [0.3, 0.4) is 0 Å². The maximum atomic E-state index is 12.5. The molecule has 0 bridgehead atoms. The molecule has 0 saturated carbocycles. The van der Waals surface area contributed by atoms with Crippen LogP contribution in [0.1, 0.15) is 39.4 Å². The van der Waals surface area contributed by atoms with Gasteiger partial charge in [0.2, 0.25) is 5.89 Å². The van der Waals surface area contributed by atoms with E-state index in [9.17, 15) is 9.59 Å². The number of nitrogens with zero attached hydrogens (tertiary/aromatic N) is 2. The highest BCUT2D eigenvalue weighted by Gasteiger charge is 2.13. The molecule has 184 valence electrons. The molecule has 4 aromatic rings. The van der Waals surface area contributed by atoms with E-state index in [0.29, 0.717) is 36.7 Å². The third kappa shape index (κ3) is 6.56. The first-order valence-corrected chi connectivity index (χ1v) is 11.7. The Labute approximate surface area is 209 Å². The Morgan fingerprint density at radius 2 is 1.78 bits per heavy atom. The van der Waals surface area contributed by atoms with Gasteiger partial charge in [-0.1, -0.05) is 24.3 Å². The minimum Gasteiger partial charge on any atom is -0.493 e. The third-order valence-electron chi connectivity index (χ3n) is 5.69. The number of pyridine rings is 1. The number of aliphatic carboxylic acids is 1. The monoisotopic (exact) mass is 485 g/mol. The van der Waals surface area contributed by atoms with Crippen molar-refractivity contribution < 1.29 is 23.8 Å². The van der Waals surface area contributed by atoms with Gasteiger partial charge >= 0.3 is 5.97 Å². The van der Waals surface area contributed by atoms with E-state index in [2.05, 4.69) is 15.3 Å². The number of aromatic nitrogens is 2. The molecule has 0 aliphatic rings. The second-order valence-electron chi connectivity index (χ2n) is 8.23. The standard InChI is InChI=1S/C28H27N3O5/c1-19-25(31-28(36-19)22-5-3-2-4-6-22)13-16-35-24-9-7-20(8-10-26(32)33)23(17-24)18-30-27(34)21-11-14-29-15-12-21/h2-7,9,11-12,14-15,17H,8,10,13,16,18H2,1H3,(H,30,34)(H,32,33). The van der Waals surface area contributed by atoms with Crippen molar-refractivity contribution >= 4 is 11.9 Å². The number of carboxylic acid groups (broad SMARTS) is 1. The van der Waals surface area contributed by atoms with E-state index < -0.39 is 5.97 Å². The van der Waals surface area contributed by atoms with E-state index in [1.165, 1.54) is 0 Å². The molecule has 0 saturated heterocycles. The zero-order chi connectivity index (χ0) is 25.3. The Morgan fingerprint density at radius 3 is 2.53 bits per heavy atom. The molecule has 2 aromatic heterocycles. The molecule has 0 radical (unpaired) electrons. The minimum absolute atomic E-state index is 0.000683. The molecule has 0 atom stereocenters. The molecular formula is C28H27N3O5. The van der Waals surface area contributed by atoms with Crippen LogP contribution in [0, 0.1) is 6.92 Å². The number of aryl methyl sites for hydroxylation is 2. The summed E-state index contributed by atoms with van der Waals surface area (Å²) in [4.78, 5) is 32.1. The van der Waals surface area contributed by atoms with Crippen LogP contribution in [-0.2, 0) is 24.2 Å². The van der Waals surface area contributed by atoms with Gasteiger partial charge in [-0.15, -0.1) is 0 Å². The second-order valence-corrected chi connectivity index (χ2v) is 8.23. The molecule has 0 aliphatic heterocycles. The smallest absolute Gasteiger partial charge is 0.303 e. The molecule has 1 amide bonds. The van der Waals surface area contributed by atoms with Crippen molar-refractivity contribution in [2.75, 3.05) is 6.61 Å². The van der Waals surface area contributed by atoms with Gasteiger partial charge in [0.15, 0.2) is 0 Å². The number of benzene rings is 2. The summed E-state index contributed by atoms with van der Waals surface area (Å²) in [7, 11) is 0. The first kappa shape index (κ1) is 24.7. The lowest BCUT2D eigenvalue weighted by Crippen LogP contribution is -2.23. The van der Waals surface area contributed by atoms with E-state index in [-0.39, 0.29) is 18.9 Å². The number of nitrogens with one attached hydrogen (secondary N) is 1. The number of amides is 1. The number of ether oxygens (including phenoxy) is 1. The van der Waals surface area contributed by atoms with Crippen LogP contribution in [-0.4, -0.2) is 33.6 Å². The van der Waals surface area contributed by atoms with Gasteiger partial charge in [0, 0.05) is 42.9 Å². The van der Waals surface area contributed by atoms with Crippen LogP contribution >= 0.6 is 0 Å². The number of oxazole rings is 1. The van der Waals surface area contributed by atoms with Gasteiger partial charge in [-0.2, -0.15) is 0 Å². The van der Waals surface area contributed by atoms with Crippen LogP contribution < -0.4 is 10.1 Å². The fourth-order valence-electron chi connectivity index (χ4n) is 3.75. The van der Waals surface area contributed by atoms with Crippen molar-refractivity contribution in [1.82, 2.24) is 15.3 Å². The van der Waals surface area contributed by atoms with Crippen molar-refractivity contribution in [1.29, 1.82) is 0 Å². The molecular weight excluding hydrogens is 458 g/mol. The largest absolute Gasteiger partial charge is 0.493 e. The fourth-order valence-corrected chi connectivity index (χ4v) is 3.75. The lowest BCUT2D eigenvalue weighted by atomic mass is 10.0. The summed E-state index contributed by atoms with van der Waals surface area (Å²) >= 11 is 0. The molecule has 2 heterocycles. The number of hydrogen-bond donors (Lipinski definition) is 2. The van der Waals surface area contributed by atoms with Gasteiger partial charge in [-0.05, 0) is 60.9 Å². The predicted molar refractivity (Wildman–Crippen MR) is 134 cm³/mol. The molecule has 8 heteroatoms. The molecule has 8 nitrogen and oxygen atoms in total. The molecule has 0 fully saturated rings. The molecule has 2 N–H and O–H groups in total. The first-order valence-electron chi connectivity index (χ1n) is 11.7. The topological polar surface area (TPSA) is 115 Å². The summed E-state index contributed by atoms with van der Waals surface area (Å²) in [6, 6.07) is 18.5. The molecule has 0 unspecified atom stereocenters. The van der Waals surface area contributed by atoms with Crippen LogP contribution in [0.25, 0.3) is 11.5 Å². The summed E-state index contributed by atoms with van der Waals surface area (Å²) in [5.41, 5.74) is 3.90. The average molecular weight is 486 g/mol. The van der Waals surface area contributed by atoms with E-state index in [1.807, 2.05) is 55.5 Å². The highest BCUT2D eigenvalue weighted by molar-refractivity contribution is 5.93. The normalized spacial score (nSPS) is 10.7. The predicted octanol–water partition coefficient (Wildman–Crippen LogP) is 4.61. The maximum Gasteiger partial charge on any atom is 0.303 e. The van der Waals surface area contributed by atoms with Crippen molar-refractivity contribution in [2.24, 2.45) is 0 Å². The first-order chi connectivity index (χ1) is 17.5. The quantitative estimate of drug-likeness (QED) is 0.319. The Balaban J connectivity index is 1.41. The van der Waals surface area contributed by atoms with E-state index >= 15 is 0 Å². The van der Waals surface area contributed by atoms with Gasteiger partial charge < -0.3 is 19.6 Å². The fraction of sp³-hybridized carbons (Fsp3) is 0.214. The summed E-state index contributed by atoms with van der Waals surface area (Å²) in [5.74, 6) is 0.856. The van der Waals surface area contributed by atoms with Gasteiger partial charge in [0.25, 0.3) is 5.91 Å². The molecule has 2 aromatic carbocycles. The highest BCUT2D eigenvalue weighted by Crippen LogP contribution is 2.23. The van der Waals surface area contributed by atoms with Gasteiger partial charge in [0.05, 0.1) is 12.3 Å². The van der Waals surface area contributed by atoms with Crippen molar-refractivity contribution in [3.05, 3.63) is 101 Å². The van der Waals surface area contributed by atoms with Crippen LogP contribution in [0.15, 0.2) is 77.5 Å². The van der Waals surface area contributed by atoms with Crippen molar-refractivity contribution in [3.8, 4) is 17.2 Å². The maximum absolute atomic E-state index is 12.5. The Morgan fingerprint density at radius 1 is 1.00 bits per heavy atom. The number of hydrogen-bond acceptors (Lipinski definition) is 6. The lowest BCUT2D eigenvalue weighted by Gasteiger charge is -2.13. The van der Waals surface area contributed by atoms with Gasteiger partial charge in [-0.25, -0.2) is 4.98 Å².